The van der Waals surface area contributed by atoms with Gasteiger partial charge >= 0.3 is 12.0 Å². The van der Waals surface area contributed by atoms with Gasteiger partial charge in [0.1, 0.15) is 6.54 Å². The van der Waals surface area contributed by atoms with Gasteiger partial charge in [0.25, 0.3) is 0 Å². The maximum Gasteiger partial charge on any atom is 0.339 e. The number of hydrogen-bond donors (Lipinski definition) is 1. The number of para-hydroxylation sites is 1. The largest absolute Gasteiger partial charge is 0.493 e. The number of urea groups is 1. The molecule has 38 heavy (non-hydrogen) atoms. The van der Waals surface area contributed by atoms with Crippen molar-refractivity contribution >= 4 is 35.2 Å². The molecule has 1 saturated heterocycles. The van der Waals surface area contributed by atoms with Gasteiger partial charge in [-0.3, -0.25) is 9.59 Å². The Kier molecular flexibility index (Phi) is 8.04. The molecule has 2 fully saturated rings. The number of hydrogen-bond acceptors (Lipinski definition) is 8. The van der Waals surface area contributed by atoms with Crippen LogP contribution in [0, 0.1) is 5.92 Å². The number of rotatable bonds is 8. The molecule has 11 heteroatoms. The molecule has 4 amide bonds. The molecule has 1 saturated carbocycles. The Bertz CT molecular complexity index is 1220. The second-order valence-corrected chi connectivity index (χ2v) is 9.01. The van der Waals surface area contributed by atoms with Crippen LogP contribution in [0.1, 0.15) is 36.0 Å². The highest BCUT2D eigenvalue weighted by molar-refractivity contribution is 6.18. The van der Waals surface area contributed by atoms with Crippen molar-refractivity contribution < 1.29 is 38.1 Å². The monoisotopic (exact) mass is 525 g/mol. The van der Waals surface area contributed by atoms with E-state index in [0.29, 0.717) is 18.6 Å². The van der Waals surface area contributed by atoms with Crippen LogP contribution in [0.25, 0.3) is 0 Å². The van der Waals surface area contributed by atoms with Crippen LogP contribution in [0.15, 0.2) is 36.4 Å². The number of imide groups is 1. The van der Waals surface area contributed by atoms with Gasteiger partial charge in [-0.2, -0.15) is 0 Å². The lowest BCUT2D eigenvalue weighted by Crippen LogP contribution is -2.64. The van der Waals surface area contributed by atoms with Crippen molar-refractivity contribution in [3.05, 3.63) is 42.0 Å². The Morgan fingerprint density at radius 3 is 2.24 bits per heavy atom. The van der Waals surface area contributed by atoms with Gasteiger partial charge in [-0.25, -0.2) is 14.5 Å². The summed E-state index contributed by atoms with van der Waals surface area (Å²) < 4.78 is 21.0. The zero-order chi connectivity index (χ0) is 27.4. The van der Waals surface area contributed by atoms with Crippen LogP contribution < -0.4 is 24.4 Å². The van der Waals surface area contributed by atoms with Crippen molar-refractivity contribution in [3.63, 3.8) is 0 Å². The van der Waals surface area contributed by atoms with Crippen LogP contribution in [0.5, 0.6) is 17.2 Å². The molecule has 0 bridgehead atoms. The maximum absolute atomic E-state index is 13.8. The molecule has 11 nitrogen and oxygen atoms in total. The first-order valence-corrected chi connectivity index (χ1v) is 12.3. The van der Waals surface area contributed by atoms with Gasteiger partial charge in [-0.1, -0.05) is 25.0 Å². The molecule has 2 aliphatic rings. The summed E-state index contributed by atoms with van der Waals surface area (Å²) in [5, 5.41) is 2.71. The first kappa shape index (κ1) is 26.8. The lowest BCUT2D eigenvalue weighted by Gasteiger charge is -2.46. The number of nitrogens with zero attached hydrogens (tertiary/aromatic N) is 2. The summed E-state index contributed by atoms with van der Waals surface area (Å²) in [7, 11) is 5.61. The number of benzene rings is 2. The molecule has 2 aromatic rings. The summed E-state index contributed by atoms with van der Waals surface area (Å²) >= 11 is 0. The molecule has 2 aromatic carbocycles. The third-order valence-corrected chi connectivity index (χ3v) is 6.93. The van der Waals surface area contributed by atoms with Crippen LogP contribution in [-0.4, -0.2) is 69.7 Å². The highest BCUT2D eigenvalue weighted by Crippen LogP contribution is 2.43. The molecule has 1 aliphatic heterocycles. The van der Waals surface area contributed by atoms with Gasteiger partial charge in [0.15, 0.2) is 11.5 Å². The minimum absolute atomic E-state index is 0.193. The number of esters is 1. The first-order valence-electron chi connectivity index (χ1n) is 12.3. The van der Waals surface area contributed by atoms with E-state index in [9.17, 15) is 19.2 Å². The lowest BCUT2D eigenvalue weighted by molar-refractivity contribution is -0.128. The Balaban J connectivity index is 1.67. The molecule has 1 N–H and O–H groups in total. The summed E-state index contributed by atoms with van der Waals surface area (Å²) in [5.41, 5.74) is 0.713. The Morgan fingerprint density at radius 2 is 1.61 bits per heavy atom. The first-order chi connectivity index (χ1) is 18.3. The van der Waals surface area contributed by atoms with E-state index >= 15 is 0 Å². The summed E-state index contributed by atoms with van der Waals surface area (Å²) in [6, 6.07) is 8.48. The van der Waals surface area contributed by atoms with E-state index in [-0.39, 0.29) is 40.9 Å². The smallest absolute Gasteiger partial charge is 0.339 e. The van der Waals surface area contributed by atoms with Crippen molar-refractivity contribution in [1.29, 1.82) is 0 Å². The molecule has 1 heterocycles. The van der Waals surface area contributed by atoms with E-state index in [1.165, 1.54) is 51.5 Å². The van der Waals surface area contributed by atoms with Crippen LogP contribution in [0.2, 0.25) is 0 Å². The predicted molar refractivity (Wildman–Crippen MR) is 138 cm³/mol. The molecule has 0 aromatic heterocycles. The van der Waals surface area contributed by atoms with Crippen LogP contribution in [-0.2, 0) is 14.3 Å². The van der Waals surface area contributed by atoms with Gasteiger partial charge in [-0.15, -0.1) is 0 Å². The maximum atomic E-state index is 13.8. The molecule has 202 valence electrons. The van der Waals surface area contributed by atoms with Gasteiger partial charge in [0, 0.05) is 18.2 Å². The summed E-state index contributed by atoms with van der Waals surface area (Å²) in [6.45, 7) is -0.302. The number of methoxy groups -OCH3 is 4. The van der Waals surface area contributed by atoms with E-state index in [0.717, 1.165) is 17.7 Å². The normalized spacial score (nSPS) is 18.9. The summed E-state index contributed by atoms with van der Waals surface area (Å²) in [4.78, 5) is 55.2. The quantitative estimate of drug-likeness (QED) is 0.520. The van der Waals surface area contributed by atoms with E-state index in [1.54, 1.807) is 18.2 Å². The van der Waals surface area contributed by atoms with Gasteiger partial charge in [0.05, 0.1) is 51.3 Å². The lowest BCUT2D eigenvalue weighted by atomic mass is 9.81. The number of nitrogens with one attached hydrogen (secondary N) is 1. The molecule has 2 atom stereocenters. The number of amides is 4. The number of carbonyl (C=O) groups is 4. The van der Waals surface area contributed by atoms with E-state index in [1.807, 2.05) is 0 Å². The van der Waals surface area contributed by atoms with E-state index in [2.05, 4.69) is 5.32 Å². The van der Waals surface area contributed by atoms with Crippen molar-refractivity contribution in [1.82, 2.24) is 4.90 Å². The van der Waals surface area contributed by atoms with Crippen molar-refractivity contribution in [3.8, 4) is 17.2 Å². The van der Waals surface area contributed by atoms with Crippen molar-refractivity contribution in [2.75, 3.05) is 45.2 Å². The van der Waals surface area contributed by atoms with Crippen LogP contribution in [0.4, 0.5) is 16.2 Å². The van der Waals surface area contributed by atoms with E-state index < -0.39 is 29.9 Å². The second kappa shape index (κ2) is 11.4. The SMILES string of the molecule is COC(=O)c1ccccc1NC(=O)CN1C(=O)N(c2cc(OC)c(OC)c(OC)c2)C(=O)C2CCCCC21. The Hall–Kier alpha value is -4.28. The average molecular weight is 526 g/mol. The minimum atomic E-state index is -0.621. The highest BCUT2D eigenvalue weighted by Gasteiger charge is 2.48. The molecular formula is C27H31N3O8. The predicted octanol–water partition coefficient (Wildman–Crippen LogP) is 3.47. The van der Waals surface area contributed by atoms with E-state index in [4.69, 9.17) is 18.9 Å². The van der Waals surface area contributed by atoms with Gasteiger partial charge in [-0.05, 0) is 25.0 Å². The third-order valence-electron chi connectivity index (χ3n) is 6.93. The van der Waals surface area contributed by atoms with Crippen LogP contribution >= 0.6 is 0 Å². The molecule has 1 aliphatic carbocycles. The highest BCUT2D eigenvalue weighted by atomic mass is 16.5. The number of carbonyl (C=O) groups excluding carboxylic acids is 4. The van der Waals surface area contributed by atoms with Crippen molar-refractivity contribution in [2.45, 2.75) is 31.7 Å². The van der Waals surface area contributed by atoms with Crippen molar-refractivity contribution in [2.24, 2.45) is 5.92 Å². The topological polar surface area (TPSA) is 124 Å². The molecular weight excluding hydrogens is 494 g/mol. The fraction of sp³-hybridized carbons (Fsp3) is 0.407. The Morgan fingerprint density at radius 1 is 0.947 bits per heavy atom. The Labute approximate surface area is 220 Å². The number of ether oxygens (including phenoxy) is 4. The van der Waals surface area contributed by atoms with Gasteiger partial charge < -0.3 is 29.2 Å². The van der Waals surface area contributed by atoms with Crippen LogP contribution in [0.3, 0.4) is 0 Å². The average Bonchev–Trinajstić information content (AvgIpc) is 2.94. The fourth-order valence-electron chi connectivity index (χ4n) is 5.15. The zero-order valence-corrected chi connectivity index (χ0v) is 21.8. The molecule has 2 unspecified atom stereocenters. The second-order valence-electron chi connectivity index (χ2n) is 9.01. The fourth-order valence-corrected chi connectivity index (χ4v) is 5.15. The van der Waals surface area contributed by atoms with Gasteiger partial charge in [0.2, 0.25) is 17.6 Å². The summed E-state index contributed by atoms with van der Waals surface area (Å²) in [5.74, 6) is -0.988. The zero-order valence-electron chi connectivity index (χ0n) is 21.8. The number of anilines is 2. The third kappa shape index (κ3) is 4.96. The standard InChI is InChI=1S/C27H31N3O8/c1-35-21-13-16(14-22(36-2)24(21)37-3)30-25(32)18-10-6-8-12-20(18)29(27(30)34)15-23(31)28-19-11-7-5-9-17(19)26(33)38-4/h5,7,9,11,13-14,18,20H,6,8,10,12,15H2,1-4H3,(H,28,31). The molecule has 0 radical (unpaired) electrons. The summed E-state index contributed by atoms with van der Waals surface area (Å²) in [6.07, 6.45) is 2.89. The number of fused-ring (bicyclic) bond motifs is 1. The molecule has 0 spiro atoms. The molecule has 4 rings (SSSR count). The minimum Gasteiger partial charge on any atom is -0.493 e.